The van der Waals surface area contributed by atoms with Crippen molar-refractivity contribution in [2.45, 2.75) is 142 Å². The van der Waals surface area contributed by atoms with E-state index in [2.05, 4.69) is 60.6 Å². The van der Waals surface area contributed by atoms with Crippen molar-refractivity contribution in [1.82, 2.24) is 0 Å². The van der Waals surface area contributed by atoms with E-state index in [4.69, 9.17) is 9.47 Å². The van der Waals surface area contributed by atoms with Crippen LogP contribution in [0.4, 0.5) is 0 Å². The molecule has 1 aromatic rings. The Labute approximate surface area is 269 Å². The van der Waals surface area contributed by atoms with E-state index < -0.39 is 16.4 Å². The second kappa shape index (κ2) is 9.13. The first-order valence-corrected chi connectivity index (χ1v) is 18.0. The van der Waals surface area contributed by atoms with E-state index in [0.717, 1.165) is 74.5 Å². The number of Topliss-reactive ketones (excluding diaryl/α,β-unsaturated/α-hetero) is 1. The van der Waals surface area contributed by atoms with Crippen LogP contribution in [0.25, 0.3) is 0 Å². The molecule has 0 unspecified atom stereocenters. The molecule has 2 heterocycles. The van der Waals surface area contributed by atoms with Gasteiger partial charge in [0, 0.05) is 29.4 Å². The summed E-state index contributed by atoms with van der Waals surface area (Å²) < 4.78 is 12.7. The minimum absolute atomic E-state index is 0.00222. The first-order valence-electron chi connectivity index (χ1n) is 18.0. The highest BCUT2D eigenvalue weighted by Gasteiger charge is 2.72. The molecule has 0 amide bonds. The molecule has 0 N–H and O–H groups in total. The predicted molar refractivity (Wildman–Crippen MR) is 173 cm³/mol. The maximum atomic E-state index is 14.5. The van der Waals surface area contributed by atoms with Crippen LogP contribution in [0, 0.1) is 39.9 Å². The van der Waals surface area contributed by atoms with Crippen LogP contribution >= 0.6 is 0 Å². The van der Waals surface area contributed by atoms with E-state index in [9.17, 15) is 14.4 Å². The molecular weight excluding hydrogens is 560 g/mol. The Bertz CT molecular complexity index is 1560. The van der Waals surface area contributed by atoms with Gasteiger partial charge in [0.25, 0.3) is 0 Å². The van der Waals surface area contributed by atoms with E-state index in [-0.39, 0.29) is 57.6 Å². The standard InChI is InChI=1S/C40H52O5/c1-23-11-8-18-39(25(23)21-30-38(7)20-14-28-35(2,3)16-10-19-40(28,30)34(43)45-38)32-27(44-33(39)42)13-12-24-31(32)26(41)22-29-36(4,5)15-9-17-37(24,29)6/h11-13,25,28-30H,8-10,14-22H2,1-7H3/t25-,28+,29+,30+,37-,38+,39+,40-/m1/s1. The van der Waals surface area contributed by atoms with Gasteiger partial charge in [-0.2, -0.15) is 0 Å². The molecule has 8 atom stereocenters. The quantitative estimate of drug-likeness (QED) is 0.190. The van der Waals surface area contributed by atoms with Gasteiger partial charge in [-0.15, -0.1) is 0 Å². The fourth-order valence-corrected chi connectivity index (χ4v) is 13.2. The van der Waals surface area contributed by atoms with E-state index in [0.29, 0.717) is 25.0 Å². The number of benzene rings is 1. The highest BCUT2D eigenvalue weighted by atomic mass is 16.6. The molecule has 5 aliphatic carbocycles. The lowest BCUT2D eigenvalue weighted by atomic mass is 9.44. The molecule has 2 aliphatic heterocycles. The molecular formula is C40H52O5. The smallest absolute Gasteiger partial charge is 0.322 e. The van der Waals surface area contributed by atoms with Gasteiger partial charge in [-0.05, 0) is 111 Å². The first-order chi connectivity index (χ1) is 21.1. The normalized spacial score (nSPS) is 43.9. The van der Waals surface area contributed by atoms with Crippen LogP contribution in [0.5, 0.6) is 5.75 Å². The monoisotopic (exact) mass is 612 g/mol. The number of carbonyl (C=O) groups excluding carboxylic acids is 3. The van der Waals surface area contributed by atoms with Crippen LogP contribution in [0.15, 0.2) is 23.8 Å². The Hall–Kier alpha value is -2.43. The minimum Gasteiger partial charge on any atom is -0.459 e. The van der Waals surface area contributed by atoms with Crippen molar-refractivity contribution in [2.24, 2.45) is 39.9 Å². The third kappa shape index (κ3) is 3.59. The molecule has 3 saturated carbocycles. The van der Waals surface area contributed by atoms with Crippen molar-refractivity contribution >= 4 is 17.7 Å². The fourth-order valence-electron chi connectivity index (χ4n) is 13.2. The largest absolute Gasteiger partial charge is 0.459 e. The number of carbonyl (C=O) groups is 3. The molecule has 0 radical (unpaired) electrons. The van der Waals surface area contributed by atoms with Crippen LogP contribution in [-0.2, 0) is 25.2 Å². The molecule has 4 fully saturated rings. The van der Waals surface area contributed by atoms with Gasteiger partial charge in [0.1, 0.15) is 16.8 Å². The Morgan fingerprint density at radius 2 is 1.53 bits per heavy atom. The number of esters is 2. The second-order valence-corrected chi connectivity index (χ2v) is 18.2. The topological polar surface area (TPSA) is 69.7 Å². The first kappa shape index (κ1) is 29.9. The number of hydrogen-bond donors (Lipinski definition) is 0. The summed E-state index contributed by atoms with van der Waals surface area (Å²) >= 11 is 0. The lowest BCUT2D eigenvalue weighted by molar-refractivity contribution is -0.157. The lowest BCUT2D eigenvalue weighted by Gasteiger charge is -2.56. The molecule has 7 aliphatic rings. The zero-order valence-electron chi connectivity index (χ0n) is 28.6. The van der Waals surface area contributed by atoms with Gasteiger partial charge in [-0.25, -0.2) is 0 Å². The highest BCUT2D eigenvalue weighted by Crippen LogP contribution is 2.70. The van der Waals surface area contributed by atoms with E-state index in [1.54, 1.807) is 0 Å². The summed E-state index contributed by atoms with van der Waals surface area (Å²) in [6.45, 7) is 16.1. The van der Waals surface area contributed by atoms with Gasteiger partial charge >= 0.3 is 11.9 Å². The average Bonchev–Trinajstić information content (AvgIpc) is 3.28. The van der Waals surface area contributed by atoms with Gasteiger partial charge in [-0.1, -0.05) is 65.2 Å². The molecule has 5 heteroatoms. The Balaban J connectivity index is 1.29. The van der Waals surface area contributed by atoms with Crippen LogP contribution in [0.2, 0.25) is 0 Å². The van der Waals surface area contributed by atoms with Crippen molar-refractivity contribution in [2.75, 3.05) is 0 Å². The predicted octanol–water partition coefficient (Wildman–Crippen LogP) is 8.80. The summed E-state index contributed by atoms with van der Waals surface area (Å²) in [5.74, 6) is 0.992. The van der Waals surface area contributed by atoms with Crippen molar-refractivity contribution in [3.63, 3.8) is 0 Å². The number of ether oxygens (including phenoxy) is 2. The summed E-state index contributed by atoms with van der Waals surface area (Å²) in [5, 5.41) is 0. The molecule has 2 bridgehead atoms. The summed E-state index contributed by atoms with van der Waals surface area (Å²) in [7, 11) is 0. The van der Waals surface area contributed by atoms with Crippen LogP contribution in [0.1, 0.15) is 147 Å². The lowest BCUT2D eigenvalue weighted by Crippen LogP contribution is -2.57. The minimum atomic E-state index is -0.921. The summed E-state index contributed by atoms with van der Waals surface area (Å²) in [5.41, 5.74) is 2.05. The van der Waals surface area contributed by atoms with Crippen LogP contribution in [0.3, 0.4) is 0 Å². The summed E-state index contributed by atoms with van der Waals surface area (Å²) in [4.78, 5) is 43.1. The van der Waals surface area contributed by atoms with E-state index in [1.165, 1.54) is 5.57 Å². The van der Waals surface area contributed by atoms with Crippen molar-refractivity contribution in [3.8, 4) is 5.75 Å². The summed E-state index contributed by atoms with van der Waals surface area (Å²) in [6.07, 6.45) is 13.2. The van der Waals surface area contributed by atoms with Gasteiger partial charge in [0.15, 0.2) is 5.78 Å². The SMILES string of the molecule is CC1=CCC[C@]2(C(=O)Oc3ccc4c(c32)C(=O)C[C@H]2C(C)(C)CCC[C@]42C)[C@@H]1C[C@@H]1[C@@]23CCCC(C)(C)[C@@H]2CC[C@]1(C)OC3=O. The molecule has 8 rings (SSSR count). The van der Waals surface area contributed by atoms with Gasteiger partial charge < -0.3 is 9.47 Å². The molecule has 45 heavy (non-hydrogen) atoms. The number of hydrogen-bond acceptors (Lipinski definition) is 5. The van der Waals surface area contributed by atoms with Crippen LogP contribution < -0.4 is 4.74 Å². The van der Waals surface area contributed by atoms with Gasteiger partial charge in [-0.3, -0.25) is 14.4 Å². The molecule has 0 aromatic heterocycles. The van der Waals surface area contributed by atoms with Crippen molar-refractivity contribution in [3.05, 3.63) is 40.5 Å². The number of rotatable bonds is 2. The molecule has 1 aromatic carbocycles. The van der Waals surface area contributed by atoms with Crippen LogP contribution in [-0.4, -0.2) is 23.3 Å². The molecule has 5 nitrogen and oxygen atoms in total. The van der Waals surface area contributed by atoms with Crippen molar-refractivity contribution in [1.29, 1.82) is 0 Å². The van der Waals surface area contributed by atoms with Gasteiger partial charge in [0.05, 0.1) is 5.41 Å². The van der Waals surface area contributed by atoms with E-state index >= 15 is 0 Å². The summed E-state index contributed by atoms with van der Waals surface area (Å²) in [6, 6.07) is 4.12. The maximum Gasteiger partial charge on any atom is 0.322 e. The second-order valence-electron chi connectivity index (χ2n) is 18.2. The number of fused-ring (bicyclic) bond motifs is 7. The zero-order valence-corrected chi connectivity index (χ0v) is 28.6. The Morgan fingerprint density at radius 3 is 2.29 bits per heavy atom. The molecule has 1 saturated heterocycles. The zero-order chi connectivity index (χ0) is 31.9. The molecule has 242 valence electrons. The van der Waals surface area contributed by atoms with E-state index in [1.807, 2.05) is 6.07 Å². The Morgan fingerprint density at radius 1 is 0.822 bits per heavy atom. The van der Waals surface area contributed by atoms with Gasteiger partial charge in [0.2, 0.25) is 0 Å². The fraction of sp³-hybridized carbons (Fsp3) is 0.725. The highest BCUT2D eigenvalue weighted by molar-refractivity contribution is 6.06. The third-order valence-electron chi connectivity index (χ3n) is 15.3. The molecule has 2 spiro atoms. The number of ketones is 1. The average molecular weight is 613 g/mol. The maximum absolute atomic E-state index is 14.5. The number of allylic oxidation sites excluding steroid dienone is 2. The van der Waals surface area contributed by atoms with Crippen molar-refractivity contribution < 1.29 is 23.9 Å². The third-order valence-corrected chi connectivity index (χ3v) is 15.3. The Kier molecular flexibility index (Phi) is 6.07.